The number of nitrogens with zero attached hydrogens (tertiary/aromatic N) is 4. The van der Waals surface area contributed by atoms with Gasteiger partial charge in [-0.25, -0.2) is 4.98 Å². The molecule has 71 heavy (non-hydrogen) atoms. The molecule has 5 heteroatoms. The van der Waals surface area contributed by atoms with Crippen molar-refractivity contribution in [3.63, 3.8) is 0 Å². The molecule has 0 saturated carbocycles. The Morgan fingerprint density at radius 1 is 0.592 bits per heavy atom. The Hall–Kier alpha value is -8.02. The van der Waals surface area contributed by atoms with Crippen LogP contribution < -0.4 is 9.30 Å². The zero-order chi connectivity index (χ0) is 56.6. The molecule has 0 saturated heterocycles. The van der Waals surface area contributed by atoms with Crippen LogP contribution in [0.1, 0.15) is 88.0 Å². The number of ether oxygens (including phenoxy) is 1. The van der Waals surface area contributed by atoms with E-state index in [2.05, 4.69) is 92.3 Å². The van der Waals surface area contributed by atoms with Gasteiger partial charge in [0, 0.05) is 23.0 Å². The summed E-state index contributed by atoms with van der Waals surface area (Å²) in [6.07, 6.45) is 13.6. The number of para-hydroxylation sites is 3. The molecule has 11 aromatic rings. The third kappa shape index (κ3) is 8.60. The first-order valence-electron chi connectivity index (χ1n) is 29.6. The van der Waals surface area contributed by atoms with E-state index in [0.717, 1.165) is 68.1 Å². The second-order valence-corrected chi connectivity index (χ2v) is 19.6. The van der Waals surface area contributed by atoms with Gasteiger partial charge in [-0.2, -0.15) is 0 Å². The van der Waals surface area contributed by atoms with Crippen molar-refractivity contribution in [2.45, 2.75) is 77.6 Å². The van der Waals surface area contributed by atoms with Crippen molar-refractivity contribution in [1.82, 2.24) is 14.1 Å². The first kappa shape index (κ1) is 34.3. The number of aromatic nitrogens is 4. The molecule has 4 aliphatic carbocycles. The summed E-state index contributed by atoms with van der Waals surface area (Å²) in [5, 5.41) is 2.38. The van der Waals surface area contributed by atoms with Crippen molar-refractivity contribution in [3.05, 3.63) is 234 Å². The minimum absolute atomic E-state index is 0.116. The highest BCUT2D eigenvalue weighted by Gasteiger charge is 2.24. The van der Waals surface area contributed by atoms with E-state index in [1.54, 1.807) is 22.8 Å². The van der Waals surface area contributed by atoms with Crippen LogP contribution in [0.15, 0.2) is 200 Å². The quantitative estimate of drug-likeness (QED) is 0.118. The average molecular weight is 933 g/mol. The zero-order valence-corrected chi connectivity index (χ0v) is 40.1. The molecule has 0 aliphatic heterocycles. The molecule has 0 N–H and O–H groups in total. The number of pyridine rings is 1. The molecule has 8 aromatic carbocycles. The molecule has 0 unspecified atom stereocenters. The van der Waals surface area contributed by atoms with Crippen LogP contribution in [0.3, 0.4) is 0 Å². The van der Waals surface area contributed by atoms with Crippen molar-refractivity contribution < 1.29 is 23.0 Å². The lowest BCUT2D eigenvalue weighted by molar-refractivity contribution is -0.571. The minimum atomic E-state index is -0.562. The van der Waals surface area contributed by atoms with E-state index >= 15 is 0 Å². The number of aryl methyl sites for hydroxylation is 4. The zero-order valence-electron chi connectivity index (χ0n) is 50.1. The van der Waals surface area contributed by atoms with Crippen LogP contribution in [0.4, 0.5) is 0 Å². The molecule has 5 nitrogen and oxygen atoms in total. The van der Waals surface area contributed by atoms with Gasteiger partial charge in [0.05, 0.1) is 47.1 Å². The lowest BCUT2D eigenvalue weighted by atomic mass is 9.88. The van der Waals surface area contributed by atoms with E-state index in [4.69, 9.17) is 23.4 Å². The lowest BCUT2D eigenvalue weighted by Crippen LogP contribution is -2.31. The highest BCUT2D eigenvalue weighted by molar-refractivity contribution is 6.12. The number of hydrogen-bond donors (Lipinski definition) is 0. The van der Waals surface area contributed by atoms with Gasteiger partial charge in [0.1, 0.15) is 17.3 Å². The molecule has 3 heterocycles. The molecule has 348 valence electrons. The van der Waals surface area contributed by atoms with Crippen LogP contribution in [0, 0.1) is 6.33 Å². The molecule has 4 bridgehead atoms. The summed E-state index contributed by atoms with van der Waals surface area (Å²) in [5.74, 6) is 2.00. The van der Waals surface area contributed by atoms with Crippen LogP contribution >= 0.6 is 0 Å². The smallest absolute Gasteiger partial charge is 0.269 e. The number of benzene rings is 8. The van der Waals surface area contributed by atoms with Gasteiger partial charge in [-0.3, -0.25) is 13.7 Å². The summed E-state index contributed by atoms with van der Waals surface area (Å²) in [4.78, 5) is 5.10. The van der Waals surface area contributed by atoms with Gasteiger partial charge in [0.15, 0.2) is 0 Å². The fourth-order valence-electron chi connectivity index (χ4n) is 10.3. The van der Waals surface area contributed by atoms with Crippen molar-refractivity contribution >= 4 is 32.8 Å². The second kappa shape index (κ2) is 18.7. The molecule has 0 radical (unpaired) electrons. The maximum absolute atomic E-state index is 9.09. The highest BCUT2D eigenvalue weighted by Crippen LogP contribution is 2.41. The second-order valence-electron chi connectivity index (χ2n) is 19.6. The SMILES string of the molecule is [2H]c1c([2H])c([2H])c(-c2cccc(-c3c([2H])c([2H])c([2H])c([2H])c3[2H])c2-[n+]2[c-]n(-c3cccc(Oc4ccc5c6c7ccc(c6n(-c6cc(C(C)(C)C)ccn6)c5c4)CCCCc4ccc(cc4)CCCC7)c3)c3ccccc32)c([2H])c1[2H]. The third-order valence-corrected chi connectivity index (χ3v) is 13.9. The van der Waals surface area contributed by atoms with Gasteiger partial charge in [0.25, 0.3) is 6.33 Å². The van der Waals surface area contributed by atoms with E-state index in [0.29, 0.717) is 28.2 Å². The van der Waals surface area contributed by atoms with Crippen molar-refractivity contribution in [1.29, 1.82) is 0 Å². The Morgan fingerprint density at radius 2 is 1.23 bits per heavy atom. The predicted molar refractivity (Wildman–Crippen MR) is 292 cm³/mol. The van der Waals surface area contributed by atoms with Crippen LogP contribution in [0.25, 0.3) is 72.3 Å². The fourth-order valence-corrected chi connectivity index (χ4v) is 10.3. The molecular weight excluding hydrogens is 865 g/mol. The molecule has 0 amide bonds. The maximum Gasteiger partial charge on any atom is 0.269 e. The molecule has 0 fully saturated rings. The molecule has 0 spiro atoms. The Kier molecular flexibility index (Phi) is 9.04. The number of fused-ring (bicyclic) bond motifs is 2. The van der Waals surface area contributed by atoms with E-state index in [1.807, 2.05) is 65.4 Å². The summed E-state index contributed by atoms with van der Waals surface area (Å²) in [6, 6.07) is 39.3. The molecule has 0 atom stereocenters. The Labute approximate surface area is 431 Å². The predicted octanol–water partition coefficient (Wildman–Crippen LogP) is 16.1. The van der Waals surface area contributed by atoms with Crippen molar-refractivity contribution in [2.75, 3.05) is 0 Å². The molecule has 15 rings (SSSR count). The van der Waals surface area contributed by atoms with E-state index in [9.17, 15) is 0 Å². The van der Waals surface area contributed by atoms with E-state index in [-0.39, 0.29) is 33.4 Å². The summed E-state index contributed by atoms with van der Waals surface area (Å²) in [6.45, 7) is 6.68. The monoisotopic (exact) mass is 933 g/mol. The average Bonchev–Trinajstić information content (AvgIpc) is 4.17. The number of rotatable bonds is 7. The van der Waals surface area contributed by atoms with Crippen LogP contribution in [0.5, 0.6) is 11.5 Å². The van der Waals surface area contributed by atoms with Crippen LogP contribution in [-0.2, 0) is 31.1 Å². The van der Waals surface area contributed by atoms with Crippen LogP contribution in [0.2, 0.25) is 0 Å². The van der Waals surface area contributed by atoms with Crippen molar-refractivity contribution in [2.24, 2.45) is 0 Å². The molecular formula is C66H58N4O. The molecule has 4 aliphatic rings. The van der Waals surface area contributed by atoms with Crippen LogP contribution in [-0.4, -0.2) is 14.1 Å². The van der Waals surface area contributed by atoms with E-state index < -0.39 is 60.4 Å². The summed E-state index contributed by atoms with van der Waals surface area (Å²) < 4.78 is 100. The number of hydrogen-bond acceptors (Lipinski definition) is 2. The maximum atomic E-state index is 9.09. The normalized spacial score (nSPS) is 15.4. The van der Waals surface area contributed by atoms with Gasteiger partial charge in [-0.1, -0.05) is 166 Å². The van der Waals surface area contributed by atoms with Gasteiger partial charge in [-0.05, 0) is 149 Å². The summed E-state index contributed by atoms with van der Waals surface area (Å²) in [7, 11) is 0. The third-order valence-electron chi connectivity index (χ3n) is 13.9. The topological polar surface area (TPSA) is 35.9 Å². The molecule has 3 aromatic heterocycles. The van der Waals surface area contributed by atoms with Gasteiger partial charge in [-0.15, -0.1) is 0 Å². The minimum Gasteiger partial charge on any atom is -0.458 e. The Bertz CT molecular complexity index is 4180. The Balaban J connectivity index is 1.01. The van der Waals surface area contributed by atoms with Gasteiger partial charge < -0.3 is 4.74 Å². The standard InChI is InChI=1S/C66H58N4O/c1-66(2,3)52-40-41-67-62(42-52)70-61-44-55(38-39-58(61)63-50-24-12-10-18-46-32-34-47(35-33-46)19-11-13-25-51(37-36-50)64(63)70)71-54-27-16-26-53(43-54)68-45-69(60-31-15-14-30-59(60)68)65-56(48-20-6-4-7-21-48)28-17-29-57(65)49-22-8-5-9-23-49/h4-9,14-17,20-23,26-44H,10-13,18-19,24-25H2,1-3H3/i4D,5D,6D,7D,8D,9D,20D,21D,22D,23D. The van der Waals surface area contributed by atoms with Crippen molar-refractivity contribution in [3.8, 4) is 50.9 Å². The number of imidazole rings is 1. The first-order chi connectivity index (χ1) is 39.0. The summed E-state index contributed by atoms with van der Waals surface area (Å²) >= 11 is 0. The first-order valence-corrected chi connectivity index (χ1v) is 24.6. The highest BCUT2D eigenvalue weighted by atomic mass is 16.5. The summed E-state index contributed by atoms with van der Waals surface area (Å²) in [5.41, 5.74) is 10.8. The van der Waals surface area contributed by atoms with Gasteiger partial charge in [0.2, 0.25) is 0 Å². The van der Waals surface area contributed by atoms with Gasteiger partial charge >= 0.3 is 0 Å². The lowest BCUT2D eigenvalue weighted by Gasteiger charge is -2.20. The Morgan fingerprint density at radius 3 is 1.93 bits per heavy atom. The fraction of sp³-hybridized carbons (Fsp3) is 0.182. The van der Waals surface area contributed by atoms with E-state index in [1.165, 1.54) is 38.7 Å². The largest absolute Gasteiger partial charge is 0.458 e.